The number of rotatable bonds is 7. The molecule has 0 radical (unpaired) electrons. The molecule has 0 bridgehead atoms. The standard InChI is InChI=1S/C14H22N2O4/c1-4-15-14(3,13(19)20-5-2)6-7-16-11(17)9-8-10(9)12(16)18/h9-10,15H,4-8H2,1-3H3. The molecule has 2 fully saturated rings. The number of nitrogens with zero attached hydrogens (tertiary/aromatic N) is 1. The lowest BCUT2D eigenvalue weighted by atomic mass is 9.97. The smallest absolute Gasteiger partial charge is 0.326 e. The fraction of sp³-hybridized carbons (Fsp3) is 0.786. The zero-order valence-electron chi connectivity index (χ0n) is 12.3. The minimum Gasteiger partial charge on any atom is -0.465 e. The Labute approximate surface area is 118 Å². The number of piperidine rings is 1. The van der Waals surface area contributed by atoms with Gasteiger partial charge in [-0.15, -0.1) is 0 Å². The summed E-state index contributed by atoms with van der Waals surface area (Å²) in [7, 11) is 0. The number of carbonyl (C=O) groups is 3. The lowest BCUT2D eigenvalue weighted by Gasteiger charge is -2.30. The maximum absolute atomic E-state index is 12.0. The number of likely N-dealkylation sites (N-methyl/N-ethyl adjacent to an activating group) is 1. The molecule has 0 spiro atoms. The van der Waals surface area contributed by atoms with Crippen molar-refractivity contribution in [3.8, 4) is 0 Å². The fourth-order valence-corrected chi connectivity index (χ4v) is 2.75. The summed E-state index contributed by atoms with van der Waals surface area (Å²) in [5.41, 5.74) is -0.863. The van der Waals surface area contributed by atoms with Crippen molar-refractivity contribution in [2.24, 2.45) is 11.8 Å². The molecule has 1 aliphatic carbocycles. The highest BCUT2D eigenvalue weighted by Gasteiger charge is 2.58. The van der Waals surface area contributed by atoms with Crippen molar-refractivity contribution in [3.05, 3.63) is 0 Å². The number of hydrogen-bond donors (Lipinski definition) is 1. The third kappa shape index (κ3) is 2.57. The van der Waals surface area contributed by atoms with Crippen LogP contribution in [0.15, 0.2) is 0 Å². The van der Waals surface area contributed by atoms with Gasteiger partial charge in [-0.05, 0) is 33.2 Å². The van der Waals surface area contributed by atoms with E-state index < -0.39 is 5.54 Å². The number of amides is 2. The van der Waals surface area contributed by atoms with Gasteiger partial charge in [0.15, 0.2) is 0 Å². The Bertz CT molecular complexity index is 417. The normalized spacial score (nSPS) is 27.2. The summed E-state index contributed by atoms with van der Waals surface area (Å²) in [6.07, 6.45) is 1.08. The van der Waals surface area contributed by atoms with E-state index in [1.807, 2.05) is 6.92 Å². The van der Waals surface area contributed by atoms with Gasteiger partial charge in [0.1, 0.15) is 5.54 Å². The number of carbonyl (C=O) groups excluding carboxylic acids is 3. The maximum Gasteiger partial charge on any atom is 0.326 e. The molecular formula is C14H22N2O4. The molecule has 1 saturated heterocycles. The molecule has 1 saturated carbocycles. The van der Waals surface area contributed by atoms with E-state index in [2.05, 4.69) is 5.32 Å². The van der Waals surface area contributed by atoms with Gasteiger partial charge in [0.05, 0.1) is 18.4 Å². The Balaban J connectivity index is 1.97. The van der Waals surface area contributed by atoms with Crippen LogP contribution in [-0.4, -0.2) is 47.9 Å². The predicted octanol–water partition coefficient (Wildman–Crippen LogP) is 0.313. The number of esters is 1. The summed E-state index contributed by atoms with van der Waals surface area (Å²) in [5.74, 6) is -0.678. The van der Waals surface area contributed by atoms with E-state index in [4.69, 9.17) is 4.74 Å². The molecule has 1 heterocycles. The second-order valence-corrected chi connectivity index (χ2v) is 5.61. The Kier molecular flexibility index (Phi) is 4.13. The zero-order valence-corrected chi connectivity index (χ0v) is 12.3. The Morgan fingerprint density at radius 1 is 1.35 bits per heavy atom. The lowest BCUT2D eigenvalue weighted by molar-refractivity contribution is -0.152. The predicted molar refractivity (Wildman–Crippen MR) is 71.6 cm³/mol. The van der Waals surface area contributed by atoms with Gasteiger partial charge in [-0.3, -0.25) is 19.3 Å². The van der Waals surface area contributed by atoms with Crippen molar-refractivity contribution < 1.29 is 19.1 Å². The number of imide groups is 1. The Hall–Kier alpha value is -1.43. The first-order valence-electron chi connectivity index (χ1n) is 7.22. The van der Waals surface area contributed by atoms with Crippen LogP contribution in [0, 0.1) is 11.8 Å². The molecule has 2 amide bonds. The molecule has 1 N–H and O–H groups in total. The molecule has 0 aromatic rings. The summed E-state index contributed by atoms with van der Waals surface area (Å²) in [4.78, 5) is 37.1. The Morgan fingerprint density at radius 2 is 1.95 bits per heavy atom. The number of fused-ring (bicyclic) bond motifs is 1. The van der Waals surface area contributed by atoms with Crippen LogP contribution in [0.3, 0.4) is 0 Å². The summed E-state index contributed by atoms with van der Waals surface area (Å²) >= 11 is 0. The van der Waals surface area contributed by atoms with Crippen molar-refractivity contribution in [1.29, 1.82) is 0 Å². The van der Waals surface area contributed by atoms with Crippen LogP contribution in [0.1, 0.15) is 33.6 Å². The fourth-order valence-electron chi connectivity index (χ4n) is 2.75. The first-order valence-corrected chi connectivity index (χ1v) is 7.22. The van der Waals surface area contributed by atoms with E-state index in [1.165, 1.54) is 4.90 Å². The highest BCUT2D eigenvalue weighted by Crippen LogP contribution is 2.47. The van der Waals surface area contributed by atoms with Crippen LogP contribution < -0.4 is 5.32 Å². The van der Waals surface area contributed by atoms with Gasteiger partial charge >= 0.3 is 5.97 Å². The van der Waals surface area contributed by atoms with Crippen LogP contribution in [0.4, 0.5) is 0 Å². The summed E-state index contributed by atoms with van der Waals surface area (Å²) in [6, 6.07) is 0. The van der Waals surface area contributed by atoms with E-state index in [1.54, 1.807) is 13.8 Å². The van der Waals surface area contributed by atoms with Crippen molar-refractivity contribution in [1.82, 2.24) is 10.2 Å². The van der Waals surface area contributed by atoms with E-state index in [9.17, 15) is 14.4 Å². The van der Waals surface area contributed by atoms with Gasteiger partial charge in [0.25, 0.3) is 0 Å². The number of hydrogen-bond acceptors (Lipinski definition) is 5. The third-order valence-electron chi connectivity index (χ3n) is 4.09. The van der Waals surface area contributed by atoms with Gasteiger partial charge in [0.2, 0.25) is 11.8 Å². The van der Waals surface area contributed by atoms with Gasteiger partial charge < -0.3 is 10.1 Å². The molecule has 0 aromatic heterocycles. The van der Waals surface area contributed by atoms with Crippen molar-refractivity contribution >= 4 is 17.8 Å². The van der Waals surface area contributed by atoms with Gasteiger partial charge in [0, 0.05) is 6.54 Å². The molecule has 20 heavy (non-hydrogen) atoms. The van der Waals surface area contributed by atoms with Crippen LogP contribution in [0.2, 0.25) is 0 Å². The quantitative estimate of drug-likeness (QED) is 0.537. The Morgan fingerprint density at radius 3 is 2.45 bits per heavy atom. The largest absolute Gasteiger partial charge is 0.465 e. The van der Waals surface area contributed by atoms with Gasteiger partial charge in [-0.25, -0.2) is 0 Å². The topological polar surface area (TPSA) is 75.7 Å². The van der Waals surface area contributed by atoms with Crippen molar-refractivity contribution in [3.63, 3.8) is 0 Å². The summed E-state index contributed by atoms with van der Waals surface area (Å²) in [5, 5.41) is 3.10. The molecule has 6 nitrogen and oxygen atoms in total. The molecular weight excluding hydrogens is 260 g/mol. The van der Waals surface area contributed by atoms with Crippen LogP contribution in [0.5, 0.6) is 0 Å². The van der Waals surface area contributed by atoms with Crippen LogP contribution in [0.25, 0.3) is 0 Å². The van der Waals surface area contributed by atoms with E-state index in [-0.39, 0.29) is 36.2 Å². The van der Waals surface area contributed by atoms with Crippen molar-refractivity contribution in [2.45, 2.75) is 39.2 Å². The van der Waals surface area contributed by atoms with E-state index in [0.29, 0.717) is 26.0 Å². The van der Waals surface area contributed by atoms with Crippen LogP contribution >= 0.6 is 0 Å². The minimum absolute atomic E-state index is 0.0808. The second kappa shape index (κ2) is 5.52. The molecule has 2 rings (SSSR count). The van der Waals surface area contributed by atoms with Gasteiger partial charge in [-0.2, -0.15) is 0 Å². The summed E-state index contributed by atoms with van der Waals surface area (Å²) in [6.45, 7) is 6.60. The first kappa shape index (κ1) is 15.0. The SMILES string of the molecule is CCNC(C)(CCN1C(=O)C2CC2C1=O)C(=O)OCC. The van der Waals surface area contributed by atoms with Crippen molar-refractivity contribution in [2.75, 3.05) is 19.7 Å². The molecule has 3 atom stereocenters. The average Bonchev–Trinajstić information content (AvgIpc) is 3.14. The minimum atomic E-state index is -0.863. The molecule has 1 aliphatic heterocycles. The summed E-state index contributed by atoms with van der Waals surface area (Å²) < 4.78 is 5.07. The van der Waals surface area contributed by atoms with Crippen LogP contribution in [-0.2, 0) is 19.1 Å². The molecule has 6 heteroatoms. The molecule has 112 valence electrons. The van der Waals surface area contributed by atoms with E-state index in [0.717, 1.165) is 0 Å². The zero-order chi connectivity index (χ0) is 14.9. The van der Waals surface area contributed by atoms with Gasteiger partial charge in [-0.1, -0.05) is 6.92 Å². The molecule has 3 unspecified atom stereocenters. The first-order chi connectivity index (χ1) is 9.44. The second-order valence-electron chi connectivity index (χ2n) is 5.61. The lowest BCUT2D eigenvalue weighted by Crippen LogP contribution is -2.52. The number of nitrogens with one attached hydrogen (secondary N) is 1. The number of likely N-dealkylation sites (tertiary alicyclic amines) is 1. The number of ether oxygens (including phenoxy) is 1. The van der Waals surface area contributed by atoms with E-state index >= 15 is 0 Å². The monoisotopic (exact) mass is 282 g/mol. The maximum atomic E-state index is 12.0. The third-order valence-corrected chi connectivity index (χ3v) is 4.09. The molecule has 2 aliphatic rings. The highest BCUT2D eigenvalue weighted by atomic mass is 16.5. The molecule has 0 aromatic carbocycles. The average molecular weight is 282 g/mol. The highest BCUT2D eigenvalue weighted by molar-refractivity contribution is 6.08.